The van der Waals surface area contributed by atoms with Gasteiger partial charge in [-0.3, -0.25) is 0 Å². The van der Waals surface area contributed by atoms with Crippen LogP contribution in [0.15, 0.2) is 156 Å². The van der Waals surface area contributed by atoms with E-state index in [-0.39, 0.29) is 0 Å². The van der Waals surface area contributed by atoms with Gasteiger partial charge in [0.05, 0.1) is 44.8 Å². The molecular formula is C40H24N6O2. The van der Waals surface area contributed by atoms with E-state index in [0.29, 0.717) is 34.0 Å². The van der Waals surface area contributed by atoms with Crippen molar-refractivity contribution in [1.82, 2.24) is 19.9 Å². The highest BCUT2D eigenvalue weighted by Crippen LogP contribution is 2.36. The molecule has 8 rings (SSSR count). The van der Waals surface area contributed by atoms with E-state index < -0.39 is 0 Å². The molecule has 8 aromatic rings. The minimum absolute atomic E-state index is 0.325. The summed E-state index contributed by atoms with van der Waals surface area (Å²) in [6, 6.07) is 46.0. The lowest BCUT2D eigenvalue weighted by Crippen LogP contribution is -1.97. The van der Waals surface area contributed by atoms with E-state index in [1.807, 2.05) is 109 Å². The van der Waals surface area contributed by atoms with Crippen molar-refractivity contribution in [1.29, 1.82) is 0 Å². The Morgan fingerprint density at radius 2 is 0.688 bits per heavy atom. The average molecular weight is 621 g/mol. The lowest BCUT2D eigenvalue weighted by Gasteiger charge is -2.13. The Hall–Kier alpha value is -6.80. The average Bonchev–Trinajstić information content (AvgIpc) is 3.17. The summed E-state index contributed by atoms with van der Waals surface area (Å²) in [6.45, 7) is 0. The molecular weight excluding hydrogens is 596 g/mol. The number of hydrogen-bond donors (Lipinski definition) is 0. The third-order valence-electron chi connectivity index (χ3n) is 8.21. The van der Waals surface area contributed by atoms with Crippen LogP contribution in [0, 0.1) is 9.81 Å². The summed E-state index contributed by atoms with van der Waals surface area (Å²) in [5.41, 5.74) is 11.5. The minimum Gasteiger partial charge on any atom is -0.244 e. The van der Waals surface area contributed by atoms with Gasteiger partial charge in [0.25, 0.3) is 0 Å². The highest BCUT2D eigenvalue weighted by Gasteiger charge is 2.17. The van der Waals surface area contributed by atoms with Crippen LogP contribution in [0.1, 0.15) is 0 Å². The van der Waals surface area contributed by atoms with E-state index in [1.54, 1.807) is 36.4 Å². The topological polar surface area (TPSA) is 110 Å². The van der Waals surface area contributed by atoms with Crippen molar-refractivity contribution in [2.75, 3.05) is 0 Å². The lowest BCUT2D eigenvalue weighted by molar-refractivity contribution is 1.29. The Labute approximate surface area is 274 Å². The maximum Gasteiger partial charge on any atom is 0.108 e. The van der Waals surface area contributed by atoms with Crippen LogP contribution in [-0.2, 0) is 0 Å². The van der Waals surface area contributed by atoms with Crippen LogP contribution in [0.2, 0.25) is 0 Å². The maximum atomic E-state index is 11.4. The molecule has 0 unspecified atom stereocenters. The Morgan fingerprint density at radius 3 is 1.10 bits per heavy atom. The number of benzene rings is 6. The molecule has 0 atom stereocenters. The monoisotopic (exact) mass is 620 g/mol. The molecule has 0 N–H and O–H groups in total. The normalized spacial score (nSPS) is 11.1. The molecule has 0 fully saturated rings. The van der Waals surface area contributed by atoms with E-state index in [4.69, 9.17) is 19.9 Å². The van der Waals surface area contributed by atoms with Gasteiger partial charge in [-0.2, -0.15) is 0 Å². The SMILES string of the molecule is O=Nc1cccc(-c2nc3ccc(-c4ccc5nc(-c6ccccc6)c(-c6cccc(N=O)c6)nc5c4)cc3nc2-c2ccccc2)c1. The van der Waals surface area contributed by atoms with Crippen molar-refractivity contribution in [2.45, 2.75) is 0 Å². The summed E-state index contributed by atoms with van der Waals surface area (Å²) >= 11 is 0. The zero-order valence-electron chi connectivity index (χ0n) is 25.4. The molecule has 0 aliphatic heterocycles. The van der Waals surface area contributed by atoms with Gasteiger partial charge in [0, 0.05) is 22.3 Å². The predicted octanol–water partition coefficient (Wildman–Crippen LogP) is 10.7. The predicted molar refractivity (Wildman–Crippen MR) is 191 cm³/mol. The third-order valence-corrected chi connectivity index (χ3v) is 8.21. The van der Waals surface area contributed by atoms with Crippen molar-refractivity contribution < 1.29 is 0 Å². The van der Waals surface area contributed by atoms with Crippen molar-refractivity contribution in [3.63, 3.8) is 0 Å². The zero-order valence-corrected chi connectivity index (χ0v) is 25.4. The molecule has 0 saturated carbocycles. The number of nitroso groups, excluding NO2 is 2. The molecule has 48 heavy (non-hydrogen) atoms. The lowest BCUT2D eigenvalue weighted by atomic mass is 10.0. The fraction of sp³-hybridized carbons (Fsp3) is 0. The molecule has 0 radical (unpaired) electrons. The van der Waals surface area contributed by atoms with Crippen LogP contribution >= 0.6 is 0 Å². The summed E-state index contributed by atoms with van der Waals surface area (Å²) in [4.78, 5) is 42.9. The molecule has 8 nitrogen and oxygen atoms in total. The van der Waals surface area contributed by atoms with Gasteiger partial charge in [-0.15, -0.1) is 9.81 Å². The van der Waals surface area contributed by atoms with E-state index in [1.165, 1.54) is 0 Å². The highest BCUT2D eigenvalue weighted by atomic mass is 16.3. The molecule has 2 aromatic heterocycles. The van der Waals surface area contributed by atoms with Crippen molar-refractivity contribution in [3.05, 3.63) is 155 Å². The van der Waals surface area contributed by atoms with Gasteiger partial charge in [-0.1, -0.05) is 97.1 Å². The Kier molecular flexibility index (Phi) is 7.28. The Morgan fingerprint density at radius 1 is 0.312 bits per heavy atom. The van der Waals surface area contributed by atoms with Gasteiger partial charge < -0.3 is 0 Å². The van der Waals surface area contributed by atoms with E-state index in [0.717, 1.165) is 55.6 Å². The zero-order chi connectivity index (χ0) is 32.5. The van der Waals surface area contributed by atoms with Gasteiger partial charge in [0.1, 0.15) is 11.4 Å². The van der Waals surface area contributed by atoms with Crippen LogP contribution in [0.4, 0.5) is 11.4 Å². The smallest absolute Gasteiger partial charge is 0.108 e. The fourth-order valence-electron chi connectivity index (χ4n) is 5.88. The first-order valence-electron chi connectivity index (χ1n) is 15.3. The summed E-state index contributed by atoms with van der Waals surface area (Å²) in [6.07, 6.45) is 0. The molecule has 0 saturated heterocycles. The second-order valence-electron chi connectivity index (χ2n) is 11.3. The number of nitrogens with zero attached hydrogens (tertiary/aromatic N) is 6. The number of aromatic nitrogens is 4. The van der Waals surface area contributed by atoms with Crippen LogP contribution in [0.25, 0.3) is 78.2 Å². The van der Waals surface area contributed by atoms with Crippen LogP contribution in [0.3, 0.4) is 0 Å². The fourth-order valence-corrected chi connectivity index (χ4v) is 5.88. The second kappa shape index (κ2) is 12.2. The second-order valence-corrected chi connectivity index (χ2v) is 11.3. The number of fused-ring (bicyclic) bond motifs is 2. The number of hydrogen-bond acceptors (Lipinski definition) is 8. The van der Waals surface area contributed by atoms with Gasteiger partial charge in [0.2, 0.25) is 0 Å². The summed E-state index contributed by atoms with van der Waals surface area (Å²) in [5, 5.41) is 6.24. The molecule has 0 amide bonds. The van der Waals surface area contributed by atoms with Gasteiger partial charge in [-0.05, 0) is 70.0 Å². The maximum absolute atomic E-state index is 11.4. The molecule has 0 aliphatic rings. The van der Waals surface area contributed by atoms with Crippen LogP contribution < -0.4 is 0 Å². The summed E-state index contributed by atoms with van der Waals surface area (Å²) in [5.74, 6) is 0. The first kappa shape index (κ1) is 28.7. The molecule has 2 heterocycles. The quantitative estimate of drug-likeness (QED) is 0.164. The van der Waals surface area contributed by atoms with Gasteiger partial charge in [-0.25, -0.2) is 19.9 Å². The first-order valence-corrected chi connectivity index (χ1v) is 15.3. The van der Waals surface area contributed by atoms with Gasteiger partial charge in [0.15, 0.2) is 0 Å². The van der Waals surface area contributed by atoms with Crippen LogP contribution in [0.5, 0.6) is 0 Å². The molecule has 6 aromatic carbocycles. The third kappa shape index (κ3) is 5.37. The van der Waals surface area contributed by atoms with E-state index in [9.17, 15) is 9.81 Å². The van der Waals surface area contributed by atoms with E-state index in [2.05, 4.69) is 10.4 Å². The number of rotatable bonds is 7. The Bertz CT molecular complexity index is 2500. The Balaban J connectivity index is 1.27. The molecule has 0 spiro atoms. The van der Waals surface area contributed by atoms with Crippen LogP contribution in [-0.4, -0.2) is 19.9 Å². The van der Waals surface area contributed by atoms with E-state index >= 15 is 0 Å². The molecule has 8 heteroatoms. The van der Waals surface area contributed by atoms with Gasteiger partial charge >= 0.3 is 0 Å². The molecule has 0 aliphatic carbocycles. The van der Waals surface area contributed by atoms with Crippen molar-refractivity contribution >= 4 is 33.4 Å². The standard InChI is InChI=1S/C40H24N6O2/c47-45-31-15-7-13-29(21-31)39-38(26-11-5-2-6-12-26)43-35-23-27(18-20-34(35)42-39)28-17-19-33-36(24-28)44-40(30-14-8-16-32(22-30)46-48)37(41-33)25-9-3-1-4-10-25/h1-24H. The molecule has 0 bridgehead atoms. The highest BCUT2D eigenvalue weighted by molar-refractivity contribution is 5.92. The van der Waals surface area contributed by atoms with Crippen molar-refractivity contribution in [2.24, 2.45) is 10.4 Å². The minimum atomic E-state index is 0.325. The molecule has 226 valence electrons. The largest absolute Gasteiger partial charge is 0.244 e. The first-order chi connectivity index (χ1) is 23.7. The van der Waals surface area contributed by atoms with Crippen molar-refractivity contribution in [3.8, 4) is 56.2 Å². The summed E-state index contributed by atoms with van der Waals surface area (Å²) < 4.78 is 0. The summed E-state index contributed by atoms with van der Waals surface area (Å²) in [7, 11) is 0.